The summed E-state index contributed by atoms with van der Waals surface area (Å²) in [5.41, 5.74) is -8.73. The van der Waals surface area contributed by atoms with Crippen molar-refractivity contribution in [2.75, 3.05) is 7.11 Å². The zero-order chi connectivity index (χ0) is 27.8. The first-order valence-electron chi connectivity index (χ1n) is 7.80. The summed E-state index contributed by atoms with van der Waals surface area (Å²) in [5, 5.41) is 0. The van der Waals surface area contributed by atoms with Crippen molar-refractivity contribution in [3.63, 3.8) is 0 Å². The Morgan fingerprint density at radius 1 is 0.529 bits per heavy atom. The molecule has 2 atom stereocenters. The summed E-state index contributed by atoms with van der Waals surface area (Å²) in [4.78, 5) is 0. The summed E-state index contributed by atoms with van der Waals surface area (Å²) in [6.07, 6.45) is -23.4. The molecule has 204 valence electrons. The van der Waals surface area contributed by atoms with Crippen molar-refractivity contribution in [2.24, 2.45) is 0 Å². The molecular formula is C13H7F19O2. The van der Waals surface area contributed by atoms with Crippen molar-refractivity contribution in [1.82, 2.24) is 0 Å². The molecule has 2 nitrogen and oxygen atoms in total. The maximum absolute atomic E-state index is 13.6. The summed E-state index contributed by atoms with van der Waals surface area (Å²) >= 11 is 0. The minimum atomic E-state index is -9.01. The number of hydrogen-bond acceptors (Lipinski definition) is 2. The van der Waals surface area contributed by atoms with Gasteiger partial charge in [0.2, 0.25) is 0 Å². The predicted molar refractivity (Wildman–Crippen MR) is 65.9 cm³/mol. The Kier molecular flexibility index (Phi) is 7.02. The fourth-order valence-electron chi connectivity index (χ4n) is 2.41. The van der Waals surface area contributed by atoms with E-state index in [-0.39, 0.29) is 0 Å². The lowest BCUT2D eigenvalue weighted by atomic mass is 9.83. The SMILES string of the molecule is COC1OC1CC(F)(F)C(F)(F)C(F)(F)C(F)(F)C(F)(F)C(F)(F)C(F)(C(F)(F)F)C(F)(F)F. The topological polar surface area (TPSA) is 21.8 Å². The summed E-state index contributed by atoms with van der Waals surface area (Å²) < 4.78 is 258. The zero-order valence-corrected chi connectivity index (χ0v) is 15.4. The average Bonchev–Trinajstić information content (AvgIpc) is 3.35. The van der Waals surface area contributed by atoms with Crippen LogP contribution in [0.3, 0.4) is 0 Å². The van der Waals surface area contributed by atoms with Gasteiger partial charge in [-0.3, -0.25) is 0 Å². The zero-order valence-electron chi connectivity index (χ0n) is 15.4. The summed E-state index contributed by atoms with van der Waals surface area (Å²) in [6, 6.07) is 0. The third-order valence-electron chi connectivity index (χ3n) is 4.48. The monoisotopic (exact) mass is 556 g/mol. The largest absolute Gasteiger partial charge is 0.438 e. The second-order valence-corrected chi connectivity index (χ2v) is 6.71. The van der Waals surface area contributed by atoms with E-state index >= 15 is 0 Å². The molecule has 1 aliphatic heterocycles. The van der Waals surface area contributed by atoms with Gasteiger partial charge < -0.3 is 9.47 Å². The van der Waals surface area contributed by atoms with E-state index < -0.39 is 72.4 Å². The number of epoxide rings is 1. The molecule has 1 saturated heterocycles. The Morgan fingerprint density at radius 3 is 1.15 bits per heavy atom. The maximum atomic E-state index is 13.6. The van der Waals surface area contributed by atoms with Gasteiger partial charge >= 0.3 is 53.6 Å². The molecule has 1 aliphatic rings. The molecule has 0 aromatic heterocycles. The van der Waals surface area contributed by atoms with Crippen molar-refractivity contribution < 1.29 is 92.9 Å². The average molecular weight is 556 g/mol. The van der Waals surface area contributed by atoms with Crippen LogP contribution < -0.4 is 0 Å². The Bertz CT molecular complexity index is 736. The van der Waals surface area contributed by atoms with Gasteiger partial charge in [0.05, 0.1) is 0 Å². The summed E-state index contributed by atoms with van der Waals surface area (Å²) in [5.74, 6) is -49.8. The van der Waals surface area contributed by atoms with E-state index in [4.69, 9.17) is 0 Å². The highest BCUT2D eigenvalue weighted by Crippen LogP contribution is 2.66. The normalized spacial score (nSPS) is 22.2. The van der Waals surface area contributed by atoms with Crippen LogP contribution in [0.15, 0.2) is 0 Å². The lowest BCUT2D eigenvalue weighted by Gasteiger charge is -2.45. The Balaban J connectivity index is 3.65. The van der Waals surface area contributed by atoms with E-state index in [1.165, 1.54) is 0 Å². The molecule has 0 aromatic rings. The van der Waals surface area contributed by atoms with Gasteiger partial charge in [0.15, 0.2) is 6.29 Å². The van der Waals surface area contributed by atoms with Crippen LogP contribution in [0.1, 0.15) is 6.42 Å². The van der Waals surface area contributed by atoms with E-state index in [1.54, 1.807) is 0 Å². The second-order valence-electron chi connectivity index (χ2n) is 6.71. The van der Waals surface area contributed by atoms with Crippen molar-refractivity contribution in [3.05, 3.63) is 0 Å². The van der Waals surface area contributed by atoms with E-state index in [0.29, 0.717) is 7.11 Å². The minimum Gasteiger partial charge on any atom is -0.353 e. The number of rotatable bonds is 9. The van der Waals surface area contributed by atoms with Gasteiger partial charge in [-0.25, -0.2) is 4.39 Å². The molecule has 1 heterocycles. The predicted octanol–water partition coefficient (Wildman–Crippen LogP) is 6.39. The van der Waals surface area contributed by atoms with Crippen LogP contribution in [0.5, 0.6) is 0 Å². The molecule has 0 amide bonds. The molecule has 2 unspecified atom stereocenters. The van der Waals surface area contributed by atoms with Crippen molar-refractivity contribution in [2.45, 2.75) is 72.4 Å². The minimum absolute atomic E-state index is 0.650. The first-order valence-corrected chi connectivity index (χ1v) is 7.80. The Hall–Kier alpha value is -1.41. The third kappa shape index (κ3) is 3.83. The van der Waals surface area contributed by atoms with Gasteiger partial charge in [0.1, 0.15) is 6.10 Å². The quantitative estimate of drug-likeness (QED) is 0.243. The van der Waals surface area contributed by atoms with E-state index in [2.05, 4.69) is 9.47 Å². The second kappa shape index (κ2) is 7.79. The van der Waals surface area contributed by atoms with Gasteiger partial charge in [-0.1, -0.05) is 0 Å². The van der Waals surface area contributed by atoms with Crippen LogP contribution in [-0.4, -0.2) is 73.1 Å². The van der Waals surface area contributed by atoms with Crippen LogP contribution in [-0.2, 0) is 9.47 Å². The van der Waals surface area contributed by atoms with E-state index in [9.17, 15) is 83.4 Å². The maximum Gasteiger partial charge on any atom is 0.438 e. The van der Waals surface area contributed by atoms with E-state index in [0.717, 1.165) is 0 Å². The van der Waals surface area contributed by atoms with Gasteiger partial charge in [-0.15, -0.1) is 0 Å². The lowest BCUT2D eigenvalue weighted by Crippen LogP contribution is -2.77. The highest BCUT2D eigenvalue weighted by molar-refractivity contribution is 5.19. The van der Waals surface area contributed by atoms with E-state index in [1.807, 2.05) is 0 Å². The molecule has 21 heteroatoms. The summed E-state index contributed by atoms with van der Waals surface area (Å²) in [6.45, 7) is 0. The standard InChI is InChI=1S/C13H7F19O2/c1-33-4-3(34-4)2-5(14,15)7(17,18)9(21,22)11(25,26)10(23,24)8(19,20)6(16,12(27,28)29)13(30,31)32/h3-4H,2H2,1H3. The molecular weight excluding hydrogens is 549 g/mol. The van der Waals surface area contributed by atoms with Crippen LogP contribution in [0.2, 0.25) is 0 Å². The molecule has 0 bridgehead atoms. The molecule has 0 saturated carbocycles. The number of ether oxygens (including phenoxy) is 2. The Morgan fingerprint density at radius 2 is 0.853 bits per heavy atom. The van der Waals surface area contributed by atoms with Gasteiger partial charge in [0, 0.05) is 13.5 Å². The third-order valence-corrected chi connectivity index (χ3v) is 4.48. The Labute approximate surface area is 173 Å². The number of alkyl halides is 19. The van der Waals surface area contributed by atoms with Crippen LogP contribution in [0.4, 0.5) is 83.4 Å². The molecule has 0 N–H and O–H groups in total. The fraction of sp³-hybridized carbons (Fsp3) is 1.00. The van der Waals surface area contributed by atoms with Gasteiger partial charge in [-0.2, -0.15) is 79.0 Å². The molecule has 1 fully saturated rings. The number of halogens is 19. The van der Waals surface area contributed by atoms with Crippen LogP contribution in [0.25, 0.3) is 0 Å². The van der Waals surface area contributed by atoms with Gasteiger partial charge in [-0.05, 0) is 0 Å². The first-order chi connectivity index (χ1) is 14.5. The highest BCUT2D eigenvalue weighted by Gasteiger charge is 2.98. The van der Waals surface area contributed by atoms with Crippen molar-refractivity contribution in [1.29, 1.82) is 0 Å². The molecule has 1 rings (SSSR count). The van der Waals surface area contributed by atoms with Gasteiger partial charge in [0.25, 0.3) is 0 Å². The lowest BCUT2D eigenvalue weighted by molar-refractivity contribution is -0.472. The summed E-state index contributed by atoms with van der Waals surface area (Å²) in [7, 11) is 0.650. The molecule has 0 radical (unpaired) electrons. The fourth-order valence-corrected chi connectivity index (χ4v) is 2.41. The number of hydrogen-bond donors (Lipinski definition) is 0. The molecule has 0 spiro atoms. The molecule has 34 heavy (non-hydrogen) atoms. The highest BCUT2D eigenvalue weighted by atomic mass is 19.4. The smallest absolute Gasteiger partial charge is 0.353 e. The van der Waals surface area contributed by atoms with Crippen LogP contribution >= 0.6 is 0 Å². The van der Waals surface area contributed by atoms with Crippen LogP contribution in [0, 0.1) is 0 Å². The molecule has 0 aromatic carbocycles. The van der Waals surface area contributed by atoms with Crippen molar-refractivity contribution in [3.8, 4) is 0 Å². The number of methoxy groups -OCH3 is 1. The molecule has 0 aliphatic carbocycles. The first kappa shape index (κ1) is 30.6. The van der Waals surface area contributed by atoms with Crippen molar-refractivity contribution >= 4 is 0 Å².